The maximum atomic E-state index is 14.5. The van der Waals surface area contributed by atoms with E-state index in [-0.39, 0.29) is 36.1 Å². The van der Waals surface area contributed by atoms with Gasteiger partial charge in [-0.1, -0.05) is 55.0 Å². The number of nitrogens with zero attached hydrogens (tertiary/aromatic N) is 3. The molecular formula is C32H34ClN3O5S. The Labute approximate surface area is 254 Å². The number of halogens is 1. The summed E-state index contributed by atoms with van der Waals surface area (Å²) in [5, 5.41) is 10.5. The van der Waals surface area contributed by atoms with E-state index in [1.165, 1.54) is 11.8 Å². The van der Waals surface area contributed by atoms with Crippen LogP contribution in [-0.4, -0.2) is 76.1 Å². The van der Waals surface area contributed by atoms with E-state index in [1.807, 2.05) is 68.5 Å². The molecule has 220 valence electrons. The fraction of sp³-hybridized carbons (Fsp3) is 0.406. The zero-order valence-corrected chi connectivity index (χ0v) is 25.1. The second-order valence-electron chi connectivity index (χ2n) is 10.9. The van der Waals surface area contributed by atoms with Crippen molar-refractivity contribution in [1.82, 2.24) is 4.90 Å². The first kappa shape index (κ1) is 28.8. The van der Waals surface area contributed by atoms with Crippen LogP contribution in [0.25, 0.3) is 0 Å². The lowest BCUT2D eigenvalue weighted by atomic mass is 9.78. The van der Waals surface area contributed by atoms with E-state index in [9.17, 15) is 19.5 Å². The second-order valence-corrected chi connectivity index (χ2v) is 12.8. The summed E-state index contributed by atoms with van der Waals surface area (Å²) in [7, 11) is 0. The van der Waals surface area contributed by atoms with Crippen molar-refractivity contribution in [2.24, 2.45) is 11.8 Å². The van der Waals surface area contributed by atoms with Crippen LogP contribution in [-0.2, 0) is 14.4 Å². The maximum absolute atomic E-state index is 14.5. The Hall–Kier alpha value is -3.27. The van der Waals surface area contributed by atoms with Gasteiger partial charge in [-0.2, -0.15) is 0 Å². The van der Waals surface area contributed by atoms with Gasteiger partial charge in [0, 0.05) is 24.0 Å². The van der Waals surface area contributed by atoms with Crippen LogP contribution in [0.15, 0.2) is 72.8 Å². The molecule has 6 rings (SSSR count). The van der Waals surface area contributed by atoms with Crippen LogP contribution >= 0.6 is 23.4 Å². The number of hydrogen-bond donors (Lipinski definition) is 1. The summed E-state index contributed by atoms with van der Waals surface area (Å²) in [6.07, 6.45) is 8.35. The fourth-order valence-electron chi connectivity index (χ4n) is 6.89. The van der Waals surface area contributed by atoms with Gasteiger partial charge < -0.3 is 24.5 Å². The molecule has 4 aliphatic rings. The predicted molar refractivity (Wildman–Crippen MR) is 165 cm³/mol. The van der Waals surface area contributed by atoms with Gasteiger partial charge in [0.2, 0.25) is 11.8 Å². The number of carbonyl (C=O) groups excluding carboxylic acids is 3. The SMILES string of the molecule is CCOc1ccc(N2CC=C[C@@H]3S[C@]45C=CCN(c6ccccc6Cl)C(=O)C4N([C@@H](CC)CO)C(=O)[C@@H]5[C@@H]3C2=O)cc1. The van der Waals surface area contributed by atoms with E-state index in [1.54, 1.807) is 32.9 Å². The molecule has 0 bridgehead atoms. The third-order valence-electron chi connectivity index (χ3n) is 8.77. The molecule has 2 aromatic carbocycles. The van der Waals surface area contributed by atoms with E-state index in [4.69, 9.17) is 16.3 Å². The Morgan fingerprint density at radius 3 is 2.43 bits per heavy atom. The number of likely N-dealkylation sites (tertiary alicyclic amines) is 1. The molecule has 6 atom stereocenters. The first-order valence-corrected chi connectivity index (χ1v) is 15.7. The summed E-state index contributed by atoms with van der Waals surface area (Å²) < 4.78 is 4.60. The molecule has 3 amide bonds. The summed E-state index contributed by atoms with van der Waals surface area (Å²) in [5.74, 6) is -1.42. The zero-order chi connectivity index (χ0) is 29.6. The van der Waals surface area contributed by atoms with Crippen LogP contribution in [0.2, 0.25) is 5.02 Å². The molecule has 1 N–H and O–H groups in total. The lowest BCUT2D eigenvalue weighted by Gasteiger charge is -2.38. The van der Waals surface area contributed by atoms with Crippen molar-refractivity contribution >= 4 is 52.5 Å². The van der Waals surface area contributed by atoms with Gasteiger partial charge >= 0.3 is 0 Å². The lowest BCUT2D eigenvalue weighted by Crippen LogP contribution is -2.56. The standard InChI is InChI=1S/C32H34ClN3O5S/c1-3-20(19-37)36-28-31(40)35(24-10-6-5-9-23(24)33)18-8-16-32(28)27(30(36)39)26-25(42-32)11-7-17-34(29(26)38)21-12-14-22(15-13-21)41-4-2/h5-16,20,25-28,37H,3-4,17-19H2,1-2H3/t20-,25-,26+,27-,28?,32-/m0/s1. The largest absolute Gasteiger partial charge is 0.494 e. The molecule has 0 saturated carbocycles. The molecule has 10 heteroatoms. The normalized spacial score (nSPS) is 29.2. The van der Waals surface area contributed by atoms with Crippen molar-refractivity contribution in [2.75, 3.05) is 36.1 Å². The van der Waals surface area contributed by atoms with Gasteiger partial charge in [-0.15, -0.1) is 11.8 Å². The molecule has 2 fully saturated rings. The lowest BCUT2D eigenvalue weighted by molar-refractivity contribution is -0.141. The quantitative estimate of drug-likeness (QED) is 0.472. The third-order valence-corrected chi connectivity index (χ3v) is 10.8. The zero-order valence-electron chi connectivity index (χ0n) is 23.6. The number of ether oxygens (including phenoxy) is 1. The van der Waals surface area contributed by atoms with Crippen molar-refractivity contribution in [2.45, 2.75) is 42.3 Å². The van der Waals surface area contributed by atoms with Gasteiger partial charge in [-0.3, -0.25) is 14.4 Å². The molecule has 0 aliphatic carbocycles. The van der Waals surface area contributed by atoms with Crippen LogP contribution in [0.3, 0.4) is 0 Å². The highest BCUT2D eigenvalue weighted by Crippen LogP contribution is 2.61. The van der Waals surface area contributed by atoms with E-state index in [0.29, 0.717) is 30.3 Å². The molecular weight excluding hydrogens is 574 g/mol. The summed E-state index contributed by atoms with van der Waals surface area (Å²) in [6.45, 7) is 4.73. The fourth-order valence-corrected chi connectivity index (χ4v) is 9.12. The highest BCUT2D eigenvalue weighted by Gasteiger charge is 2.71. The number of rotatable bonds is 7. The number of hydrogen-bond acceptors (Lipinski definition) is 6. The summed E-state index contributed by atoms with van der Waals surface area (Å²) in [5.41, 5.74) is 1.28. The van der Waals surface area contributed by atoms with Gasteiger partial charge in [-0.25, -0.2) is 0 Å². The summed E-state index contributed by atoms with van der Waals surface area (Å²) >= 11 is 8.06. The molecule has 4 heterocycles. The van der Waals surface area contributed by atoms with Crippen LogP contribution < -0.4 is 14.5 Å². The van der Waals surface area contributed by atoms with E-state index >= 15 is 0 Å². The second kappa shape index (κ2) is 11.4. The Kier molecular flexibility index (Phi) is 7.85. The molecule has 0 radical (unpaired) electrons. The van der Waals surface area contributed by atoms with Gasteiger partial charge in [0.05, 0.1) is 46.5 Å². The highest BCUT2D eigenvalue weighted by atomic mass is 35.5. The van der Waals surface area contributed by atoms with Crippen molar-refractivity contribution in [1.29, 1.82) is 0 Å². The Morgan fingerprint density at radius 2 is 1.74 bits per heavy atom. The van der Waals surface area contributed by atoms with Crippen molar-refractivity contribution < 1.29 is 24.2 Å². The minimum atomic E-state index is -0.982. The number of amides is 3. The number of aliphatic hydroxyl groups is 1. The Balaban J connectivity index is 1.43. The topological polar surface area (TPSA) is 90.4 Å². The number of carbonyl (C=O) groups is 3. The Bertz CT molecular complexity index is 1440. The van der Waals surface area contributed by atoms with Crippen LogP contribution in [0, 0.1) is 11.8 Å². The molecule has 0 aromatic heterocycles. The average molecular weight is 608 g/mol. The van der Waals surface area contributed by atoms with Crippen molar-refractivity contribution in [3.05, 3.63) is 77.9 Å². The number of aliphatic hydroxyl groups excluding tert-OH is 1. The molecule has 42 heavy (non-hydrogen) atoms. The number of fused-ring (bicyclic) bond motifs is 2. The molecule has 2 aromatic rings. The Morgan fingerprint density at radius 1 is 1.00 bits per heavy atom. The number of anilines is 2. The molecule has 8 nitrogen and oxygen atoms in total. The van der Waals surface area contributed by atoms with E-state index < -0.39 is 28.7 Å². The van der Waals surface area contributed by atoms with Crippen LogP contribution in [0.1, 0.15) is 20.3 Å². The molecule has 1 unspecified atom stereocenters. The van der Waals surface area contributed by atoms with Gasteiger partial charge in [-0.05, 0) is 49.7 Å². The maximum Gasteiger partial charge on any atom is 0.251 e. The molecule has 2 saturated heterocycles. The number of thioether (sulfide) groups is 1. The minimum Gasteiger partial charge on any atom is -0.494 e. The third kappa shape index (κ3) is 4.44. The van der Waals surface area contributed by atoms with E-state index in [2.05, 4.69) is 0 Å². The highest BCUT2D eigenvalue weighted by molar-refractivity contribution is 8.02. The summed E-state index contributed by atoms with van der Waals surface area (Å²) in [6, 6.07) is 13.1. The van der Waals surface area contributed by atoms with Crippen LogP contribution in [0.5, 0.6) is 5.75 Å². The number of benzene rings is 2. The molecule has 4 aliphatic heterocycles. The minimum absolute atomic E-state index is 0.150. The van der Waals surface area contributed by atoms with Crippen molar-refractivity contribution in [3.8, 4) is 5.75 Å². The van der Waals surface area contributed by atoms with Crippen molar-refractivity contribution in [3.63, 3.8) is 0 Å². The van der Waals surface area contributed by atoms with Crippen LogP contribution in [0.4, 0.5) is 11.4 Å². The van der Waals surface area contributed by atoms with Gasteiger partial charge in [0.25, 0.3) is 5.91 Å². The average Bonchev–Trinajstić information content (AvgIpc) is 3.31. The van der Waals surface area contributed by atoms with E-state index in [0.717, 1.165) is 11.4 Å². The predicted octanol–water partition coefficient (Wildman–Crippen LogP) is 4.31. The first-order valence-electron chi connectivity index (χ1n) is 14.4. The summed E-state index contributed by atoms with van der Waals surface area (Å²) in [4.78, 5) is 48.3. The van der Waals surface area contributed by atoms with Gasteiger partial charge in [0.15, 0.2) is 0 Å². The monoisotopic (exact) mass is 607 g/mol. The number of para-hydroxylation sites is 1. The smallest absolute Gasteiger partial charge is 0.251 e. The molecule has 1 spiro atoms. The first-order chi connectivity index (χ1) is 20.4. The van der Waals surface area contributed by atoms with Gasteiger partial charge in [0.1, 0.15) is 11.8 Å².